The van der Waals surface area contributed by atoms with Crippen LogP contribution in [0.4, 0.5) is 10.5 Å². The van der Waals surface area contributed by atoms with Gasteiger partial charge >= 0.3 is 6.03 Å². The van der Waals surface area contributed by atoms with E-state index in [1.54, 1.807) is 18.2 Å². The maximum Gasteiger partial charge on any atom is 0.321 e. The summed E-state index contributed by atoms with van der Waals surface area (Å²) < 4.78 is 0. The molecule has 0 bridgehead atoms. The van der Waals surface area contributed by atoms with Gasteiger partial charge in [0, 0.05) is 31.2 Å². The van der Waals surface area contributed by atoms with Crippen molar-refractivity contribution in [2.45, 2.75) is 0 Å². The highest BCUT2D eigenvalue weighted by Gasteiger charge is 2.38. The summed E-state index contributed by atoms with van der Waals surface area (Å²) in [5.74, 6) is 1.17. The second-order valence-electron chi connectivity index (χ2n) is 5.14. The Kier molecular flexibility index (Phi) is 3.56. The third-order valence-electron chi connectivity index (χ3n) is 3.85. The fourth-order valence-electron chi connectivity index (χ4n) is 2.81. The van der Waals surface area contributed by atoms with E-state index < -0.39 is 0 Å². The SMILES string of the molecule is O=C(Nc1cc(Cl)ccc1Cl)N1C[C@H]2CNC[C@H]2C1. The first kappa shape index (κ1) is 13.0. The van der Waals surface area contributed by atoms with Crippen LogP contribution in [-0.4, -0.2) is 37.1 Å². The van der Waals surface area contributed by atoms with Crippen molar-refractivity contribution in [1.29, 1.82) is 0 Å². The van der Waals surface area contributed by atoms with Gasteiger partial charge in [0.15, 0.2) is 0 Å². The molecule has 0 saturated carbocycles. The van der Waals surface area contributed by atoms with E-state index >= 15 is 0 Å². The van der Waals surface area contributed by atoms with E-state index in [-0.39, 0.29) is 6.03 Å². The first-order valence-corrected chi connectivity index (χ1v) is 7.11. The van der Waals surface area contributed by atoms with Crippen LogP contribution in [0.5, 0.6) is 0 Å². The second kappa shape index (κ2) is 5.19. The van der Waals surface area contributed by atoms with E-state index in [9.17, 15) is 4.79 Å². The standard InChI is InChI=1S/C13H15Cl2N3O/c14-10-1-2-11(15)12(3-10)17-13(19)18-6-8-4-16-5-9(8)7-18/h1-3,8-9,16H,4-7H2,(H,17,19)/t8-,9+. The molecule has 4 nitrogen and oxygen atoms in total. The summed E-state index contributed by atoms with van der Waals surface area (Å²) in [4.78, 5) is 14.1. The molecule has 2 saturated heterocycles. The summed E-state index contributed by atoms with van der Waals surface area (Å²) in [5, 5.41) is 7.24. The summed E-state index contributed by atoms with van der Waals surface area (Å²) in [5.41, 5.74) is 0.564. The van der Waals surface area contributed by atoms with E-state index in [0.717, 1.165) is 26.2 Å². The van der Waals surface area contributed by atoms with Crippen LogP contribution in [0.2, 0.25) is 10.0 Å². The molecule has 2 heterocycles. The number of nitrogens with zero attached hydrogens (tertiary/aromatic N) is 1. The molecule has 1 aromatic rings. The van der Waals surface area contributed by atoms with Crippen LogP contribution in [0.15, 0.2) is 18.2 Å². The lowest BCUT2D eigenvalue weighted by Gasteiger charge is -2.18. The number of fused-ring (bicyclic) bond motifs is 1. The first-order chi connectivity index (χ1) is 9.13. The van der Waals surface area contributed by atoms with Crippen LogP contribution in [-0.2, 0) is 0 Å². The fourth-order valence-corrected chi connectivity index (χ4v) is 3.15. The van der Waals surface area contributed by atoms with E-state index in [4.69, 9.17) is 23.2 Å². The minimum Gasteiger partial charge on any atom is -0.324 e. The monoisotopic (exact) mass is 299 g/mol. The Bertz CT molecular complexity index is 497. The predicted octanol–water partition coefficient (Wildman–Crippen LogP) is 2.68. The zero-order valence-corrected chi connectivity index (χ0v) is 11.8. The van der Waals surface area contributed by atoms with Crippen molar-refractivity contribution < 1.29 is 4.79 Å². The van der Waals surface area contributed by atoms with Gasteiger partial charge in [0.05, 0.1) is 10.7 Å². The molecule has 1 aromatic carbocycles. The molecule has 2 aliphatic rings. The van der Waals surface area contributed by atoms with Crippen molar-refractivity contribution in [3.63, 3.8) is 0 Å². The van der Waals surface area contributed by atoms with Crippen molar-refractivity contribution in [2.75, 3.05) is 31.5 Å². The predicted molar refractivity (Wildman–Crippen MR) is 76.9 cm³/mol. The maximum absolute atomic E-state index is 12.2. The smallest absolute Gasteiger partial charge is 0.321 e. The number of hydrogen-bond acceptors (Lipinski definition) is 2. The Labute approximate surface area is 122 Å². The number of carbonyl (C=O) groups excluding carboxylic acids is 1. The number of benzene rings is 1. The average Bonchev–Trinajstić information content (AvgIpc) is 2.94. The molecule has 0 unspecified atom stereocenters. The molecule has 0 aromatic heterocycles. The van der Waals surface area contributed by atoms with E-state index in [1.165, 1.54) is 0 Å². The Morgan fingerprint density at radius 2 is 1.95 bits per heavy atom. The molecule has 2 aliphatic heterocycles. The summed E-state index contributed by atoms with van der Waals surface area (Å²) >= 11 is 11.9. The number of rotatable bonds is 1. The number of urea groups is 1. The minimum absolute atomic E-state index is 0.0985. The molecule has 2 amide bonds. The topological polar surface area (TPSA) is 44.4 Å². The number of amides is 2. The third-order valence-corrected chi connectivity index (χ3v) is 4.41. The molecule has 0 aliphatic carbocycles. The number of halogens is 2. The quantitative estimate of drug-likeness (QED) is 0.837. The van der Waals surface area contributed by atoms with E-state index in [1.807, 2.05) is 4.90 Å². The summed E-state index contributed by atoms with van der Waals surface area (Å²) in [6, 6.07) is 4.95. The molecule has 0 spiro atoms. The molecule has 0 radical (unpaired) electrons. The van der Waals surface area contributed by atoms with Crippen molar-refractivity contribution in [2.24, 2.45) is 11.8 Å². The van der Waals surface area contributed by atoms with Gasteiger partial charge in [0.1, 0.15) is 0 Å². The zero-order chi connectivity index (χ0) is 13.4. The highest BCUT2D eigenvalue weighted by Crippen LogP contribution is 2.29. The van der Waals surface area contributed by atoms with Gasteiger partial charge in [-0.15, -0.1) is 0 Å². The number of likely N-dealkylation sites (tertiary alicyclic amines) is 1. The summed E-state index contributed by atoms with van der Waals surface area (Å²) in [6.45, 7) is 3.63. The molecule has 102 valence electrons. The van der Waals surface area contributed by atoms with Gasteiger partial charge in [-0.1, -0.05) is 23.2 Å². The maximum atomic E-state index is 12.2. The molecule has 2 N–H and O–H groups in total. The number of carbonyl (C=O) groups is 1. The van der Waals surface area contributed by atoms with Crippen LogP contribution in [0, 0.1) is 11.8 Å². The molecular formula is C13H15Cl2N3O. The lowest BCUT2D eigenvalue weighted by Crippen LogP contribution is -2.35. The van der Waals surface area contributed by atoms with Crippen molar-refractivity contribution >= 4 is 34.9 Å². The highest BCUT2D eigenvalue weighted by molar-refractivity contribution is 6.35. The molecular weight excluding hydrogens is 285 g/mol. The largest absolute Gasteiger partial charge is 0.324 e. The van der Waals surface area contributed by atoms with Gasteiger partial charge in [-0.05, 0) is 30.0 Å². The number of anilines is 1. The van der Waals surface area contributed by atoms with Crippen LogP contribution in [0.3, 0.4) is 0 Å². The van der Waals surface area contributed by atoms with Crippen LogP contribution in [0.1, 0.15) is 0 Å². The molecule has 6 heteroatoms. The first-order valence-electron chi connectivity index (χ1n) is 6.35. The van der Waals surface area contributed by atoms with Crippen molar-refractivity contribution in [3.8, 4) is 0 Å². The van der Waals surface area contributed by atoms with Crippen LogP contribution >= 0.6 is 23.2 Å². The van der Waals surface area contributed by atoms with Gasteiger partial charge in [-0.2, -0.15) is 0 Å². The molecule has 2 atom stereocenters. The number of hydrogen-bond donors (Lipinski definition) is 2. The highest BCUT2D eigenvalue weighted by atomic mass is 35.5. The van der Waals surface area contributed by atoms with E-state index in [2.05, 4.69) is 10.6 Å². The summed E-state index contributed by atoms with van der Waals surface area (Å²) in [7, 11) is 0. The van der Waals surface area contributed by atoms with Gasteiger partial charge in [-0.3, -0.25) is 0 Å². The van der Waals surface area contributed by atoms with Crippen molar-refractivity contribution in [3.05, 3.63) is 28.2 Å². The van der Waals surface area contributed by atoms with Gasteiger partial charge in [0.2, 0.25) is 0 Å². The second-order valence-corrected chi connectivity index (χ2v) is 5.98. The van der Waals surface area contributed by atoms with Gasteiger partial charge in [-0.25, -0.2) is 4.79 Å². The Morgan fingerprint density at radius 1 is 1.26 bits per heavy atom. The zero-order valence-electron chi connectivity index (χ0n) is 10.3. The van der Waals surface area contributed by atoms with Gasteiger partial charge in [0.25, 0.3) is 0 Å². The molecule has 19 heavy (non-hydrogen) atoms. The molecule has 3 rings (SSSR count). The normalized spacial score (nSPS) is 25.5. The fraction of sp³-hybridized carbons (Fsp3) is 0.462. The van der Waals surface area contributed by atoms with E-state index in [0.29, 0.717) is 27.6 Å². The van der Waals surface area contributed by atoms with Crippen LogP contribution in [0.25, 0.3) is 0 Å². The Hall–Kier alpha value is -0.970. The van der Waals surface area contributed by atoms with Gasteiger partial charge < -0.3 is 15.5 Å². The number of nitrogens with one attached hydrogen (secondary N) is 2. The lowest BCUT2D eigenvalue weighted by atomic mass is 10.0. The minimum atomic E-state index is -0.0985. The average molecular weight is 300 g/mol. The summed E-state index contributed by atoms with van der Waals surface area (Å²) in [6.07, 6.45) is 0. The Balaban J connectivity index is 1.67. The molecule has 2 fully saturated rings. The van der Waals surface area contributed by atoms with Crippen molar-refractivity contribution in [1.82, 2.24) is 10.2 Å². The third kappa shape index (κ3) is 2.66. The van der Waals surface area contributed by atoms with Crippen LogP contribution < -0.4 is 10.6 Å². The Morgan fingerprint density at radius 3 is 2.63 bits per heavy atom. The lowest BCUT2D eigenvalue weighted by molar-refractivity contribution is 0.219.